The van der Waals surface area contributed by atoms with Crippen molar-refractivity contribution >= 4 is 64.6 Å². The summed E-state index contributed by atoms with van der Waals surface area (Å²) in [4.78, 5) is 5.63. The minimum absolute atomic E-state index is 0.959. The van der Waals surface area contributed by atoms with Crippen LogP contribution in [0.25, 0.3) is 121 Å². The Morgan fingerprint density at radius 3 is 1.30 bits per heavy atom. The number of hydrogen-bond acceptors (Lipinski definition) is 1. The average molecular weight is 760 g/mol. The molecule has 0 unspecified atom stereocenters. The van der Waals surface area contributed by atoms with E-state index in [0.717, 1.165) is 33.6 Å². The highest BCUT2D eigenvalue weighted by Crippen LogP contribution is 2.47. The summed E-state index contributed by atoms with van der Waals surface area (Å²) in [5.74, 6) is 0. The molecule has 0 aliphatic carbocycles. The molecule has 60 heavy (non-hydrogen) atoms. The molecule has 11 aromatic carbocycles. The van der Waals surface area contributed by atoms with Crippen molar-refractivity contribution in [2.45, 2.75) is 0 Å². The SMILES string of the molecule is c1ccc2cc(-c3c4ccccc4c(-c4ccc5ccccc5c4)c4cc(-c5ccc(-c6cccc7ccccc67)nc5-c5cccc6ccccc56)ccc34)ccc2c1. The van der Waals surface area contributed by atoms with Gasteiger partial charge in [0, 0.05) is 16.7 Å². The third-order valence-electron chi connectivity index (χ3n) is 12.4. The normalized spacial score (nSPS) is 11.7. The van der Waals surface area contributed by atoms with Crippen LogP contribution in [0.1, 0.15) is 0 Å². The molecule has 0 saturated carbocycles. The first-order chi connectivity index (χ1) is 29.7. The first kappa shape index (κ1) is 34.2. The fraction of sp³-hybridized carbons (Fsp3) is 0. The van der Waals surface area contributed by atoms with Crippen molar-refractivity contribution in [3.05, 3.63) is 224 Å². The molecule has 0 N–H and O–H groups in total. The fourth-order valence-corrected chi connectivity index (χ4v) is 9.59. The number of pyridine rings is 1. The van der Waals surface area contributed by atoms with Gasteiger partial charge in [-0.3, -0.25) is 0 Å². The van der Waals surface area contributed by atoms with Gasteiger partial charge in [0.15, 0.2) is 0 Å². The second-order valence-corrected chi connectivity index (χ2v) is 15.8. The van der Waals surface area contributed by atoms with Crippen LogP contribution in [0.15, 0.2) is 224 Å². The first-order valence-electron chi connectivity index (χ1n) is 20.7. The lowest BCUT2D eigenvalue weighted by Gasteiger charge is -2.20. The van der Waals surface area contributed by atoms with Crippen LogP contribution in [0.4, 0.5) is 0 Å². The lowest BCUT2D eigenvalue weighted by molar-refractivity contribution is 1.33. The molecule has 1 nitrogen and oxygen atoms in total. The minimum Gasteiger partial charge on any atom is -0.247 e. The van der Waals surface area contributed by atoms with E-state index >= 15 is 0 Å². The molecular formula is C59H37N. The van der Waals surface area contributed by atoms with Crippen molar-refractivity contribution in [3.8, 4) is 55.9 Å². The fourth-order valence-electron chi connectivity index (χ4n) is 9.59. The van der Waals surface area contributed by atoms with Gasteiger partial charge in [0.1, 0.15) is 0 Å². The summed E-state index contributed by atoms with van der Waals surface area (Å²) >= 11 is 0. The molecule has 278 valence electrons. The highest BCUT2D eigenvalue weighted by molar-refractivity contribution is 6.23. The highest BCUT2D eigenvalue weighted by atomic mass is 14.7. The first-order valence-corrected chi connectivity index (χ1v) is 20.7. The summed E-state index contributed by atoms with van der Waals surface area (Å²) < 4.78 is 0. The number of benzene rings is 11. The van der Waals surface area contributed by atoms with Crippen molar-refractivity contribution in [2.24, 2.45) is 0 Å². The average Bonchev–Trinajstić information content (AvgIpc) is 3.32. The van der Waals surface area contributed by atoms with Crippen LogP contribution in [0, 0.1) is 0 Å². The minimum atomic E-state index is 0.959. The Kier molecular flexibility index (Phi) is 7.92. The monoisotopic (exact) mass is 759 g/mol. The summed E-state index contributed by atoms with van der Waals surface area (Å²) in [5.41, 5.74) is 11.3. The summed E-state index contributed by atoms with van der Waals surface area (Å²) in [7, 11) is 0. The molecule has 0 bridgehead atoms. The Bertz CT molecular complexity index is 3660. The quantitative estimate of drug-likeness (QED) is 0.159. The summed E-state index contributed by atoms with van der Waals surface area (Å²) in [6.45, 7) is 0. The van der Waals surface area contributed by atoms with Gasteiger partial charge in [-0.1, -0.05) is 200 Å². The number of hydrogen-bond donors (Lipinski definition) is 0. The van der Waals surface area contributed by atoms with Crippen molar-refractivity contribution < 1.29 is 0 Å². The molecule has 1 heteroatoms. The second kappa shape index (κ2) is 13.9. The standard InChI is InChI=1S/C59H37N/c1-3-17-42-35-45(29-27-38(42)13-1)57-51-23-9-10-24-52(51)58(46-30-28-39-14-2-4-18-43(39)36-46)55-37-44(31-32-53(55)57)49-33-34-56(50-25-11-19-40-15-5-7-21-47(40)50)60-59(49)54-26-12-20-41-16-6-8-22-48(41)54/h1-37H. The molecule has 0 fully saturated rings. The molecule has 0 aliphatic rings. The molecule has 0 aliphatic heterocycles. The maximum atomic E-state index is 5.63. The Hall–Kier alpha value is -7.87. The molecule has 0 spiro atoms. The largest absolute Gasteiger partial charge is 0.247 e. The molecule has 0 saturated heterocycles. The lowest BCUT2D eigenvalue weighted by atomic mass is 9.84. The Balaban J connectivity index is 1.17. The highest BCUT2D eigenvalue weighted by Gasteiger charge is 2.21. The maximum absolute atomic E-state index is 5.63. The Morgan fingerprint density at radius 1 is 0.233 bits per heavy atom. The molecule has 0 amide bonds. The lowest BCUT2D eigenvalue weighted by Crippen LogP contribution is -1.96. The molecular weight excluding hydrogens is 723 g/mol. The second-order valence-electron chi connectivity index (χ2n) is 15.8. The van der Waals surface area contributed by atoms with Crippen LogP contribution in [0.5, 0.6) is 0 Å². The van der Waals surface area contributed by atoms with Crippen LogP contribution in [0.3, 0.4) is 0 Å². The van der Waals surface area contributed by atoms with E-state index in [1.165, 1.54) is 86.9 Å². The van der Waals surface area contributed by atoms with Gasteiger partial charge in [-0.05, 0) is 117 Å². The van der Waals surface area contributed by atoms with Gasteiger partial charge in [0.05, 0.1) is 11.4 Å². The van der Waals surface area contributed by atoms with E-state index in [2.05, 4.69) is 224 Å². The summed E-state index contributed by atoms with van der Waals surface area (Å²) in [6.07, 6.45) is 0. The van der Waals surface area contributed by atoms with Gasteiger partial charge in [0.25, 0.3) is 0 Å². The van der Waals surface area contributed by atoms with Crippen LogP contribution in [-0.4, -0.2) is 4.98 Å². The molecule has 1 heterocycles. The summed E-state index contributed by atoms with van der Waals surface area (Å²) in [6, 6.07) is 82.1. The maximum Gasteiger partial charge on any atom is 0.0794 e. The number of aromatic nitrogens is 1. The molecule has 12 rings (SSSR count). The van der Waals surface area contributed by atoms with Crippen LogP contribution >= 0.6 is 0 Å². The Labute approximate surface area is 348 Å². The van der Waals surface area contributed by atoms with Crippen molar-refractivity contribution in [2.75, 3.05) is 0 Å². The predicted molar refractivity (Wildman–Crippen MR) is 256 cm³/mol. The van der Waals surface area contributed by atoms with E-state index in [-0.39, 0.29) is 0 Å². The smallest absolute Gasteiger partial charge is 0.0794 e. The van der Waals surface area contributed by atoms with Gasteiger partial charge in [-0.2, -0.15) is 0 Å². The third kappa shape index (κ3) is 5.59. The zero-order chi connectivity index (χ0) is 39.6. The zero-order valence-corrected chi connectivity index (χ0v) is 32.8. The predicted octanol–water partition coefficient (Wildman–Crippen LogP) is 16.3. The van der Waals surface area contributed by atoms with Crippen LogP contribution in [-0.2, 0) is 0 Å². The number of rotatable bonds is 5. The van der Waals surface area contributed by atoms with E-state index in [0.29, 0.717) is 0 Å². The molecule has 0 atom stereocenters. The zero-order valence-electron chi connectivity index (χ0n) is 32.8. The number of nitrogens with zero attached hydrogens (tertiary/aromatic N) is 1. The number of fused-ring (bicyclic) bond motifs is 6. The van der Waals surface area contributed by atoms with Gasteiger partial charge in [-0.25, -0.2) is 4.98 Å². The van der Waals surface area contributed by atoms with E-state index in [1.54, 1.807) is 0 Å². The van der Waals surface area contributed by atoms with Crippen LogP contribution in [0.2, 0.25) is 0 Å². The van der Waals surface area contributed by atoms with Gasteiger partial charge in [-0.15, -0.1) is 0 Å². The van der Waals surface area contributed by atoms with E-state index in [9.17, 15) is 0 Å². The van der Waals surface area contributed by atoms with Gasteiger partial charge < -0.3 is 0 Å². The van der Waals surface area contributed by atoms with E-state index in [4.69, 9.17) is 4.98 Å². The van der Waals surface area contributed by atoms with Crippen molar-refractivity contribution in [1.29, 1.82) is 0 Å². The molecule has 12 aromatic rings. The molecule has 0 radical (unpaired) electrons. The topological polar surface area (TPSA) is 12.9 Å². The van der Waals surface area contributed by atoms with Crippen LogP contribution < -0.4 is 0 Å². The van der Waals surface area contributed by atoms with Crippen molar-refractivity contribution in [1.82, 2.24) is 4.98 Å². The van der Waals surface area contributed by atoms with Gasteiger partial charge >= 0.3 is 0 Å². The van der Waals surface area contributed by atoms with Crippen molar-refractivity contribution in [3.63, 3.8) is 0 Å². The van der Waals surface area contributed by atoms with Gasteiger partial charge in [0.2, 0.25) is 0 Å². The van der Waals surface area contributed by atoms with E-state index in [1.807, 2.05) is 0 Å². The third-order valence-corrected chi connectivity index (χ3v) is 12.4. The van der Waals surface area contributed by atoms with E-state index < -0.39 is 0 Å². The Morgan fingerprint density at radius 2 is 0.683 bits per heavy atom. The summed E-state index contributed by atoms with van der Waals surface area (Å²) in [5, 5.41) is 14.6. The molecule has 1 aromatic heterocycles.